The van der Waals surface area contributed by atoms with Gasteiger partial charge in [0.05, 0.1) is 0 Å². The highest BCUT2D eigenvalue weighted by molar-refractivity contribution is 7.10. The van der Waals surface area contributed by atoms with Crippen molar-refractivity contribution >= 4 is 23.1 Å². The second kappa shape index (κ2) is 4.94. The van der Waals surface area contributed by atoms with E-state index in [-0.39, 0.29) is 11.6 Å². The number of thiophene rings is 1. The highest BCUT2D eigenvalue weighted by Crippen LogP contribution is 2.22. The fourth-order valence-corrected chi connectivity index (χ4v) is 2.01. The van der Waals surface area contributed by atoms with Crippen molar-refractivity contribution in [2.75, 3.05) is 5.32 Å². The number of aromatic nitrogens is 1. The minimum Gasteiger partial charge on any atom is -0.504 e. The molecule has 2 aromatic heterocycles. The Bertz CT molecular complexity index is 513. The Labute approximate surface area is 102 Å². The molecule has 0 saturated carbocycles. The van der Waals surface area contributed by atoms with Crippen molar-refractivity contribution in [3.05, 3.63) is 40.7 Å². The predicted octanol–water partition coefficient (Wildman–Crippen LogP) is 1.49. The van der Waals surface area contributed by atoms with Crippen molar-refractivity contribution in [2.24, 2.45) is 5.73 Å². The predicted molar refractivity (Wildman–Crippen MR) is 65.8 cm³/mol. The van der Waals surface area contributed by atoms with Crippen LogP contribution in [0.4, 0.5) is 5.82 Å². The molecule has 0 aliphatic rings. The van der Waals surface area contributed by atoms with Crippen LogP contribution in [0.3, 0.4) is 0 Å². The second-order valence-corrected chi connectivity index (χ2v) is 4.33. The van der Waals surface area contributed by atoms with Gasteiger partial charge in [-0.25, -0.2) is 4.98 Å². The van der Waals surface area contributed by atoms with E-state index in [4.69, 9.17) is 5.73 Å². The van der Waals surface area contributed by atoms with Crippen molar-refractivity contribution in [1.29, 1.82) is 0 Å². The van der Waals surface area contributed by atoms with Gasteiger partial charge in [0.1, 0.15) is 6.04 Å². The van der Waals surface area contributed by atoms with Gasteiger partial charge >= 0.3 is 0 Å². The molecule has 2 heterocycles. The molecular weight excluding hydrogens is 238 g/mol. The number of nitrogens with one attached hydrogen (secondary N) is 1. The lowest BCUT2D eigenvalue weighted by Gasteiger charge is -2.10. The van der Waals surface area contributed by atoms with E-state index < -0.39 is 11.9 Å². The number of anilines is 1. The summed E-state index contributed by atoms with van der Waals surface area (Å²) in [7, 11) is 0. The zero-order chi connectivity index (χ0) is 12.3. The van der Waals surface area contributed by atoms with Gasteiger partial charge in [-0.2, -0.15) is 0 Å². The first-order valence-corrected chi connectivity index (χ1v) is 5.80. The van der Waals surface area contributed by atoms with E-state index in [0.717, 1.165) is 4.88 Å². The van der Waals surface area contributed by atoms with Gasteiger partial charge in [0.15, 0.2) is 11.6 Å². The molecule has 0 saturated heterocycles. The minimum atomic E-state index is -0.753. The Morgan fingerprint density at radius 3 is 2.94 bits per heavy atom. The Kier molecular flexibility index (Phi) is 3.36. The molecule has 0 fully saturated rings. The van der Waals surface area contributed by atoms with Crippen molar-refractivity contribution < 1.29 is 9.90 Å². The maximum Gasteiger partial charge on any atom is 0.247 e. The molecule has 2 aromatic rings. The summed E-state index contributed by atoms with van der Waals surface area (Å²) < 4.78 is 0. The van der Waals surface area contributed by atoms with Crippen LogP contribution in [0.25, 0.3) is 0 Å². The first-order valence-electron chi connectivity index (χ1n) is 4.92. The first-order chi connectivity index (χ1) is 8.18. The topological polar surface area (TPSA) is 88.2 Å². The smallest absolute Gasteiger partial charge is 0.247 e. The number of carbonyl (C=O) groups excluding carboxylic acids is 1. The van der Waals surface area contributed by atoms with Crippen LogP contribution < -0.4 is 11.1 Å². The molecule has 1 amide bonds. The summed E-state index contributed by atoms with van der Waals surface area (Å²) in [5, 5.41) is 13.8. The van der Waals surface area contributed by atoms with E-state index in [0.29, 0.717) is 0 Å². The average molecular weight is 249 g/mol. The van der Waals surface area contributed by atoms with Crippen LogP contribution in [-0.2, 0) is 4.79 Å². The summed E-state index contributed by atoms with van der Waals surface area (Å²) in [4.78, 5) is 16.4. The Balaban J connectivity index is 2.10. The third-order valence-corrected chi connectivity index (χ3v) is 3.12. The molecule has 88 valence electrons. The highest BCUT2D eigenvalue weighted by Gasteiger charge is 2.18. The average Bonchev–Trinajstić information content (AvgIpc) is 2.84. The number of nitrogens with two attached hydrogens (primary N) is 1. The van der Waals surface area contributed by atoms with E-state index >= 15 is 0 Å². The maximum atomic E-state index is 11.8. The Morgan fingerprint density at radius 2 is 2.29 bits per heavy atom. The SMILES string of the molecule is NC(C(=O)Nc1ncccc1O)c1cccs1. The van der Waals surface area contributed by atoms with Gasteiger partial charge in [0.2, 0.25) is 5.91 Å². The molecule has 0 aliphatic heterocycles. The molecule has 17 heavy (non-hydrogen) atoms. The molecular formula is C11H11N3O2S. The summed E-state index contributed by atoms with van der Waals surface area (Å²) in [5.74, 6) is -0.370. The maximum absolute atomic E-state index is 11.8. The van der Waals surface area contributed by atoms with Gasteiger partial charge in [-0.05, 0) is 23.6 Å². The number of nitrogens with zero attached hydrogens (tertiary/aromatic N) is 1. The Hall–Kier alpha value is -1.92. The molecule has 0 bridgehead atoms. The number of amides is 1. The van der Waals surface area contributed by atoms with Crippen molar-refractivity contribution in [3.63, 3.8) is 0 Å². The molecule has 5 nitrogen and oxygen atoms in total. The molecule has 2 rings (SSSR count). The summed E-state index contributed by atoms with van der Waals surface area (Å²) >= 11 is 1.41. The van der Waals surface area contributed by atoms with E-state index in [2.05, 4.69) is 10.3 Å². The second-order valence-electron chi connectivity index (χ2n) is 3.35. The summed E-state index contributed by atoms with van der Waals surface area (Å²) in [6, 6.07) is 5.87. The number of carbonyl (C=O) groups is 1. The minimum absolute atomic E-state index is 0.0840. The highest BCUT2D eigenvalue weighted by atomic mass is 32.1. The number of rotatable bonds is 3. The third kappa shape index (κ3) is 2.61. The molecule has 0 radical (unpaired) electrons. The van der Waals surface area contributed by atoms with E-state index in [1.54, 1.807) is 12.1 Å². The van der Waals surface area contributed by atoms with Crippen LogP contribution in [0.2, 0.25) is 0 Å². The van der Waals surface area contributed by atoms with Crippen LogP contribution in [0.1, 0.15) is 10.9 Å². The van der Waals surface area contributed by atoms with Crippen molar-refractivity contribution in [2.45, 2.75) is 6.04 Å². The normalized spacial score (nSPS) is 12.1. The zero-order valence-electron chi connectivity index (χ0n) is 8.83. The van der Waals surface area contributed by atoms with Gasteiger partial charge in [0.25, 0.3) is 0 Å². The molecule has 1 atom stereocenters. The van der Waals surface area contributed by atoms with Crippen LogP contribution in [0.5, 0.6) is 5.75 Å². The van der Waals surface area contributed by atoms with Gasteiger partial charge in [0, 0.05) is 11.1 Å². The summed E-state index contributed by atoms with van der Waals surface area (Å²) in [5.41, 5.74) is 5.77. The fraction of sp³-hybridized carbons (Fsp3) is 0.0909. The number of hydrogen-bond acceptors (Lipinski definition) is 5. The van der Waals surface area contributed by atoms with E-state index in [1.807, 2.05) is 11.4 Å². The van der Waals surface area contributed by atoms with Gasteiger partial charge < -0.3 is 16.2 Å². The third-order valence-electron chi connectivity index (χ3n) is 2.16. The largest absolute Gasteiger partial charge is 0.504 e. The first kappa shape index (κ1) is 11.6. The summed E-state index contributed by atoms with van der Waals surface area (Å²) in [6.45, 7) is 0. The lowest BCUT2D eigenvalue weighted by atomic mass is 10.2. The molecule has 0 aliphatic carbocycles. The van der Waals surface area contributed by atoms with Crippen LogP contribution in [0.15, 0.2) is 35.8 Å². The van der Waals surface area contributed by atoms with Crippen molar-refractivity contribution in [1.82, 2.24) is 4.98 Å². The van der Waals surface area contributed by atoms with Crippen LogP contribution >= 0.6 is 11.3 Å². The quantitative estimate of drug-likeness (QED) is 0.769. The summed E-state index contributed by atoms with van der Waals surface area (Å²) in [6.07, 6.45) is 1.48. The van der Waals surface area contributed by atoms with Crippen LogP contribution in [0, 0.1) is 0 Å². The number of aromatic hydroxyl groups is 1. The van der Waals surface area contributed by atoms with Gasteiger partial charge in [-0.15, -0.1) is 11.3 Å². The molecule has 6 heteroatoms. The number of hydrogen-bond donors (Lipinski definition) is 3. The van der Waals surface area contributed by atoms with Crippen molar-refractivity contribution in [3.8, 4) is 5.75 Å². The molecule has 0 spiro atoms. The fourth-order valence-electron chi connectivity index (χ4n) is 1.29. The van der Waals surface area contributed by atoms with Gasteiger partial charge in [-0.3, -0.25) is 4.79 Å². The molecule has 0 aromatic carbocycles. The Morgan fingerprint density at radius 1 is 1.47 bits per heavy atom. The lowest BCUT2D eigenvalue weighted by Crippen LogP contribution is -2.27. The zero-order valence-corrected chi connectivity index (χ0v) is 9.65. The molecule has 4 N–H and O–H groups in total. The monoisotopic (exact) mass is 249 g/mol. The van der Waals surface area contributed by atoms with Crippen LogP contribution in [-0.4, -0.2) is 16.0 Å². The molecule has 1 unspecified atom stereocenters. The van der Waals surface area contributed by atoms with Gasteiger partial charge in [-0.1, -0.05) is 6.07 Å². The van der Waals surface area contributed by atoms with E-state index in [9.17, 15) is 9.90 Å². The van der Waals surface area contributed by atoms with E-state index in [1.165, 1.54) is 23.6 Å². The number of pyridine rings is 1. The lowest BCUT2D eigenvalue weighted by molar-refractivity contribution is -0.117. The standard InChI is InChI=1S/C11H11N3O2S/c12-9(8-4-2-6-17-8)11(16)14-10-7(15)3-1-5-13-10/h1-6,9,15H,12H2,(H,13,14,16).